The van der Waals surface area contributed by atoms with Crippen LogP contribution in [0.4, 0.5) is 0 Å². The number of methoxy groups -OCH3 is 1. The average Bonchev–Trinajstić information content (AvgIpc) is 2.78. The van der Waals surface area contributed by atoms with E-state index in [0.717, 1.165) is 5.56 Å². The number of rotatable bonds is 9. The van der Waals surface area contributed by atoms with E-state index in [1.165, 1.54) is 11.1 Å². The molecule has 0 saturated heterocycles. The van der Waals surface area contributed by atoms with Gasteiger partial charge in [-0.1, -0.05) is 111 Å². The summed E-state index contributed by atoms with van der Waals surface area (Å²) in [6.07, 6.45) is 1.91. The van der Waals surface area contributed by atoms with Gasteiger partial charge in [0.2, 0.25) is 0 Å². The molecule has 0 amide bonds. The summed E-state index contributed by atoms with van der Waals surface area (Å²) in [7, 11) is 1.78. The molecule has 3 aromatic rings. The number of hydrogen-bond donors (Lipinski definition) is 1. The minimum absolute atomic E-state index is 0.0203. The van der Waals surface area contributed by atoms with Gasteiger partial charge in [-0.25, -0.2) is 0 Å². The van der Waals surface area contributed by atoms with Crippen LogP contribution in [0, 0.1) is 5.41 Å². The van der Waals surface area contributed by atoms with Crippen molar-refractivity contribution in [3.05, 3.63) is 120 Å². The fourth-order valence-corrected chi connectivity index (χ4v) is 3.81. The van der Waals surface area contributed by atoms with Crippen LogP contribution in [0.15, 0.2) is 104 Å². The highest BCUT2D eigenvalue weighted by Gasteiger charge is 2.34. The molecule has 0 saturated carbocycles. The number of hydrogen-bond acceptors (Lipinski definition) is 2. The summed E-state index contributed by atoms with van der Waals surface area (Å²) >= 11 is 0. The number of nitrogens with one attached hydrogen (secondary N) is 1. The van der Waals surface area contributed by atoms with Gasteiger partial charge in [-0.05, 0) is 16.7 Å². The van der Waals surface area contributed by atoms with Crippen molar-refractivity contribution in [3.63, 3.8) is 0 Å². The van der Waals surface area contributed by atoms with Crippen molar-refractivity contribution in [2.24, 2.45) is 5.41 Å². The normalized spacial score (nSPS) is 14.7. The first-order valence-corrected chi connectivity index (χ1v) is 10.1. The smallest absolute Gasteiger partial charge is 0.102 e. The summed E-state index contributed by atoms with van der Waals surface area (Å²) in [6, 6.07) is 31.6. The second-order valence-corrected chi connectivity index (χ2v) is 7.99. The van der Waals surface area contributed by atoms with Crippen molar-refractivity contribution < 1.29 is 4.74 Å². The van der Waals surface area contributed by atoms with Crippen molar-refractivity contribution in [2.45, 2.75) is 32.0 Å². The van der Waals surface area contributed by atoms with E-state index in [9.17, 15) is 0 Å². The number of benzene rings is 3. The molecule has 3 atom stereocenters. The Morgan fingerprint density at radius 1 is 0.759 bits per heavy atom. The maximum Gasteiger partial charge on any atom is 0.102 e. The molecule has 0 bridgehead atoms. The molecule has 3 rings (SSSR count). The second-order valence-electron chi connectivity index (χ2n) is 7.99. The molecule has 0 aliphatic carbocycles. The van der Waals surface area contributed by atoms with E-state index >= 15 is 0 Å². The van der Waals surface area contributed by atoms with Crippen molar-refractivity contribution in [2.75, 3.05) is 7.11 Å². The van der Waals surface area contributed by atoms with E-state index in [0.29, 0.717) is 0 Å². The van der Waals surface area contributed by atoms with E-state index < -0.39 is 0 Å². The molecule has 0 fully saturated rings. The fourth-order valence-electron chi connectivity index (χ4n) is 3.81. The lowest BCUT2D eigenvalue weighted by Gasteiger charge is -2.38. The van der Waals surface area contributed by atoms with Gasteiger partial charge in [-0.2, -0.15) is 0 Å². The predicted octanol–water partition coefficient (Wildman–Crippen LogP) is 6.66. The van der Waals surface area contributed by atoms with Crippen molar-refractivity contribution >= 4 is 0 Å². The third-order valence-electron chi connectivity index (χ3n) is 5.59. The molecular weight excluding hydrogens is 354 g/mol. The Morgan fingerprint density at radius 3 is 1.66 bits per heavy atom. The molecule has 0 aliphatic heterocycles. The van der Waals surface area contributed by atoms with Gasteiger partial charge in [-0.15, -0.1) is 6.58 Å². The molecule has 29 heavy (non-hydrogen) atoms. The van der Waals surface area contributed by atoms with Crippen LogP contribution in [0.3, 0.4) is 0 Å². The molecule has 0 aliphatic rings. The SMILES string of the molecule is C=CC(C)(C)[C@H](N[C@H](c1ccccc1)[C@@H](OC)c1ccccc1)c1ccccc1. The standard InChI is InChI=1S/C27H31NO/c1-5-27(2,3)26(23-19-13-8-14-20-23)28-24(21-15-9-6-10-16-21)25(29-4)22-17-11-7-12-18-22/h5-20,24-26,28H,1H2,2-4H3/t24-,25+,26-/m1/s1. The summed E-state index contributed by atoms with van der Waals surface area (Å²) in [6.45, 7) is 8.55. The third-order valence-corrected chi connectivity index (χ3v) is 5.59. The summed E-state index contributed by atoms with van der Waals surface area (Å²) < 4.78 is 6.05. The molecular formula is C27H31NO. The zero-order chi connectivity index (χ0) is 20.7. The molecule has 1 N–H and O–H groups in total. The Balaban J connectivity index is 2.06. The summed E-state index contributed by atoms with van der Waals surface area (Å²) in [4.78, 5) is 0. The second kappa shape index (κ2) is 9.69. The monoisotopic (exact) mass is 385 g/mol. The van der Waals surface area contributed by atoms with E-state index in [4.69, 9.17) is 4.74 Å². The molecule has 0 aromatic heterocycles. The Hall–Kier alpha value is -2.68. The van der Waals surface area contributed by atoms with Crippen LogP contribution in [0.1, 0.15) is 48.7 Å². The molecule has 0 unspecified atom stereocenters. The highest BCUT2D eigenvalue weighted by molar-refractivity contribution is 5.29. The Morgan fingerprint density at radius 2 is 1.21 bits per heavy atom. The van der Waals surface area contributed by atoms with E-state index in [1.54, 1.807) is 7.11 Å². The maximum absolute atomic E-state index is 6.05. The zero-order valence-electron chi connectivity index (χ0n) is 17.6. The lowest BCUT2D eigenvalue weighted by atomic mass is 9.79. The predicted molar refractivity (Wildman–Crippen MR) is 122 cm³/mol. The first-order valence-electron chi connectivity index (χ1n) is 10.1. The molecule has 0 heterocycles. The first-order chi connectivity index (χ1) is 14.1. The average molecular weight is 386 g/mol. The van der Waals surface area contributed by atoms with Crippen LogP contribution >= 0.6 is 0 Å². The molecule has 0 spiro atoms. The van der Waals surface area contributed by atoms with Gasteiger partial charge in [-0.3, -0.25) is 5.32 Å². The topological polar surface area (TPSA) is 21.3 Å². The number of ether oxygens (including phenoxy) is 1. The summed E-state index contributed by atoms with van der Waals surface area (Å²) in [5, 5.41) is 3.93. The van der Waals surface area contributed by atoms with Gasteiger partial charge in [0.15, 0.2) is 0 Å². The Kier molecular flexibility index (Phi) is 7.03. The largest absolute Gasteiger partial charge is 0.375 e. The fraction of sp³-hybridized carbons (Fsp3) is 0.259. The van der Waals surface area contributed by atoms with Gasteiger partial charge >= 0.3 is 0 Å². The van der Waals surface area contributed by atoms with Gasteiger partial charge in [0, 0.05) is 18.6 Å². The molecule has 2 heteroatoms. The minimum atomic E-state index is -0.149. The lowest BCUT2D eigenvalue weighted by Crippen LogP contribution is -2.38. The van der Waals surface area contributed by atoms with Crippen molar-refractivity contribution in [3.8, 4) is 0 Å². The van der Waals surface area contributed by atoms with Crippen LogP contribution in [0.5, 0.6) is 0 Å². The van der Waals surface area contributed by atoms with Crippen LogP contribution in [0.25, 0.3) is 0 Å². The van der Waals surface area contributed by atoms with Crippen LogP contribution in [0.2, 0.25) is 0 Å². The van der Waals surface area contributed by atoms with Gasteiger partial charge < -0.3 is 4.74 Å². The van der Waals surface area contributed by atoms with E-state index in [2.05, 4.69) is 105 Å². The molecule has 0 radical (unpaired) electrons. The molecule has 150 valence electrons. The quantitative estimate of drug-likeness (QED) is 0.416. The van der Waals surface area contributed by atoms with Crippen molar-refractivity contribution in [1.82, 2.24) is 5.32 Å². The minimum Gasteiger partial charge on any atom is -0.375 e. The molecule has 2 nitrogen and oxygen atoms in total. The highest BCUT2D eigenvalue weighted by Crippen LogP contribution is 2.40. The zero-order valence-corrected chi connectivity index (χ0v) is 17.6. The van der Waals surface area contributed by atoms with Crippen LogP contribution < -0.4 is 5.32 Å². The summed E-state index contributed by atoms with van der Waals surface area (Å²) in [5.41, 5.74) is 3.44. The van der Waals surface area contributed by atoms with Crippen molar-refractivity contribution in [1.29, 1.82) is 0 Å². The van der Waals surface area contributed by atoms with Gasteiger partial charge in [0.25, 0.3) is 0 Å². The van der Waals surface area contributed by atoms with E-state index in [-0.39, 0.29) is 23.6 Å². The Bertz CT molecular complexity index is 874. The highest BCUT2D eigenvalue weighted by atomic mass is 16.5. The van der Waals surface area contributed by atoms with Crippen LogP contribution in [-0.4, -0.2) is 7.11 Å². The third kappa shape index (κ3) is 5.03. The van der Waals surface area contributed by atoms with Gasteiger partial charge in [0.1, 0.15) is 6.10 Å². The van der Waals surface area contributed by atoms with E-state index in [1.807, 2.05) is 18.2 Å². The maximum atomic E-state index is 6.05. The molecule has 3 aromatic carbocycles. The first kappa shape index (κ1) is 21.0. The Labute approximate surface area is 175 Å². The lowest BCUT2D eigenvalue weighted by molar-refractivity contribution is 0.0570. The van der Waals surface area contributed by atoms with Gasteiger partial charge in [0.05, 0.1) is 6.04 Å². The van der Waals surface area contributed by atoms with Crippen LogP contribution in [-0.2, 0) is 4.74 Å². The summed E-state index contributed by atoms with van der Waals surface area (Å²) in [5.74, 6) is 0.